The minimum Gasteiger partial charge on any atom is -0.354 e. The van der Waals surface area contributed by atoms with E-state index >= 15 is 0 Å². The van der Waals surface area contributed by atoms with Crippen LogP contribution in [0.5, 0.6) is 0 Å². The van der Waals surface area contributed by atoms with Gasteiger partial charge in [0.05, 0.1) is 17.7 Å². The van der Waals surface area contributed by atoms with Crippen molar-refractivity contribution in [1.29, 1.82) is 0 Å². The second-order valence-electron chi connectivity index (χ2n) is 3.49. The summed E-state index contributed by atoms with van der Waals surface area (Å²) < 4.78 is 0. The fourth-order valence-electron chi connectivity index (χ4n) is 1.36. The number of rotatable bonds is 4. The van der Waals surface area contributed by atoms with E-state index < -0.39 is 0 Å². The summed E-state index contributed by atoms with van der Waals surface area (Å²) in [6.45, 7) is 0.796. The summed E-state index contributed by atoms with van der Waals surface area (Å²) >= 11 is 5.02. The molecule has 3 nitrogen and oxygen atoms in total. The molecule has 2 aromatic heterocycles. The maximum absolute atomic E-state index is 4.40. The fraction of sp³-hybridized carbons (Fsp3) is 0.273. The van der Waals surface area contributed by atoms with Gasteiger partial charge in [0.25, 0.3) is 0 Å². The molecule has 0 bridgehead atoms. The molecule has 0 saturated carbocycles. The van der Waals surface area contributed by atoms with Crippen LogP contribution in [-0.4, -0.2) is 17.0 Å². The molecule has 0 aliphatic rings. The molecule has 0 aliphatic heterocycles. The van der Waals surface area contributed by atoms with Crippen molar-refractivity contribution in [1.82, 2.24) is 9.97 Å². The molecule has 5 heteroatoms. The normalized spacial score (nSPS) is 10.4. The third-order valence-corrected chi connectivity index (χ3v) is 3.52. The van der Waals surface area contributed by atoms with E-state index in [4.69, 9.17) is 0 Å². The first-order valence-electron chi connectivity index (χ1n) is 4.88. The van der Waals surface area contributed by atoms with Gasteiger partial charge in [-0.15, -0.1) is 11.3 Å². The Kier molecular flexibility index (Phi) is 3.90. The standard InChI is InChI=1S/C11H12BrN3S/c1-15(6-10-7-16-8-14-10)11-3-2-9(4-12)5-13-11/h2-3,5,7-8H,4,6H2,1H3. The summed E-state index contributed by atoms with van der Waals surface area (Å²) in [7, 11) is 2.02. The molecule has 0 aliphatic carbocycles. The van der Waals surface area contributed by atoms with Gasteiger partial charge in [0, 0.05) is 24.0 Å². The molecule has 16 heavy (non-hydrogen) atoms. The largest absolute Gasteiger partial charge is 0.354 e. The smallest absolute Gasteiger partial charge is 0.128 e. The van der Waals surface area contributed by atoms with Crippen molar-refractivity contribution in [2.24, 2.45) is 0 Å². The van der Waals surface area contributed by atoms with Gasteiger partial charge in [-0.25, -0.2) is 9.97 Å². The van der Waals surface area contributed by atoms with Crippen LogP contribution in [-0.2, 0) is 11.9 Å². The number of halogens is 1. The van der Waals surface area contributed by atoms with Crippen molar-refractivity contribution < 1.29 is 0 Å². The lowest BCUT2D eigenvalue weighted by molar-refractivity contribution is 0.873. The summed E-state index contributed by atoms with van der Waals surface area (Å²) in [6.07, 6.45) is 1.89. The van der Waals surface area contributed by atoms with E-state index in [1.807, 2.05) is 24.8 Å². The minimum atomic E-state index is 0.796. The van der Waals surface area contributed by atoms with E-state index in [2.05, 4.69) is 42.2 Å². The average molecular weight is 298 g/mol. The molecule has 0 unspecified atom stereocenters. The third kappa shape index (κ3) is 2.80. The number of pyridine rings is 1. The summed E-state index contributed by atoms with van der Waals surface area (Å²) in [5.41, 5.74) is 4.12. The molecule has 0 amide bonds. The Labute approximate surface area is 107 Å². The summed E-state index contributed by atoms with van der Waals surface area (Å²) in [5, 5.41) is 2.90. The lowest BCUT2D eigenvalue weighted by Gasteiger charge is -2.16. The highest BCUT2D eigenvalue weighted by atomic mass is 79.9. The Morgan fingerprint density at radius 2 is 2.25 bits per heavy atom. The van der Waals surface area contributed by atoms with Gasteiger partial charge in [-0.2, -0.15) is 0 Å². The van der Waals surface area contributed by atoms with Crippen LogP contribution < -0.4 is 4.90 Å². The maximum Gasteiger partial charge on any atom is 0.128 e. The third-order valence-electron chi connectivity index (χ3n) is 2.24. The number of hydrogen-bond acceptors (Lipinski definition) is 4. The van der Waals surface area contributed by atoms with Gasteiger partial charge in [0.1, 0.15) is 5.82 Å². The molecule has 2 heterocycles. The van der Waals surface area contributed by atoms with E-state index in [9.17, 15) is 0 Å². The number of nitrogens with zero attached hydrogens (tertiary/aromatic N) is 3. The summed E-state index contributed by atoms with van der Waals surface area (Å²) in [4.78, 5) is 10.7. The Balaban J connectivity index is 2.05. The first kappa shape index (κ1) is 11.5. The van der Waals surface area contributed by atoms with Gasteiger partial charge in [-0.1, -0.05) is 22.0 Å². The van der Waals surface area contributed by atoms with Crippen molar-refractivity contribution in [3.8, 4) is 0 Å². The van der Waals surface area contributed by atoms with E-state index in [0.29, 0.717) is 0 Å². The van der Waals surface area contributed by atoms with Crippen LogP contribution in [0.15, 0.2) is 29.2 Å². The van der Waals surface area contributed by atoms with Crippen LogP contribution in [0.2, 0.25) is 0 Å². The van der Waals surface area contributed by atoms with Crippen LogP contribution in [0.4, 0.5) is 5.82 Å². The zero-order valence-electron chi connectivity index (χ0n) is 8.93. The predicted octanol–water partition coefficient (Wildman–Crippen LogP) is 3.07. The van der Waals surface area contributed by atoms with Crippen LogP contribution in [0.3, 0.4) is 0 Å². The second kappa shape index (κ2) is 5.41. The zero-order valence-corrected chi connectivity index (χ0v) is 11.3. The van der Waals surface area contributed by atoms with Crippen molar-refractivity contribution >= 4 is 33.1 Å². The van der Waals surface area contributed by atoms with E-state index in [1.54, 1.807) is 11.3 Å². The number of anilines is 1. The first-order chi connectivity index (χ1) is 7.79. The van der Waals surface area contributed by atoms with E-state index in [1.165, 1.54) is 5.56 Å². The molecular weight excluding hydrogens is 286 g/mol. The maximum atomic E-state index is 4.40. The van der Waals surface area contributed by atoms with Gasteiger partial charge < -0.3 is 4.90 Å². The molecule has 0 atom stereocenters. The van der Waals surface area contributed by atoms with Crippen molar-refractivity contribution in [2.45, 2.75) is 11.9 Å². The number of alkyl halides is 1. The van der Waals surface area contributed by atoms with Crippen LogP contribution in [0, 0.1) is 0 Å². The molecule has 0 fully saturated rings. The highest BCUT2D eigenvalue weighted by Gasteiger charge is 2.04. The van der Waals surface area contributed by atoms with Gasteiger partial charge in [-0.05, 0) is 11.6 Å². The summed E-state index contributed by atoms with van der Waals surface area (Å²) in [6, 6.07) is 4.11. The zero-order chi connectivity index (χ0) is 11.4. The highest BCUT2D eigenvalue weighted by molar-refractivity contribution is 9.08. The van der Waals surface area contributed by atoms with Crippen LogP contribution in [0.25, 0.3) is 0 Å². The number of thiazole rings is 1. The fourth-order valence-corrected chi connectivity index (χ4v) is 2.24. The molecule has 0 aromatic carbocycles. The molecular formula is C11H12BrN3S. The topological polar surface area (TPSA) is 29.0 Å². The molecule has 0 spiro atoms. The minimum absolute atomic E-state index is 0.796. The quantitative estimate of drug-likeness (QED) is 0.812. The number of hydrogen-bond donors (Lipinski definition) is 0. The average Bonchev–Trinajstić information content (AvgIpc) is 2.82. The number of aromatic nitrogens is 2. The van der Waals surface area contributed by atoms with Gasteiger partial charge in [0.15, 0.2) is 0 Å². The van der Waals surface area contributed by atoms with Gasteiger partial charge in [0.2, 0.25) is 0 Å². The molecule has 2 aromatic rings. The lowest BCUT2D eigenvalue weighted by Crippen LogP contribution is -2.17. The summed E-state index contributed by atoms with van der Waals surface area (Å²) in [5.74, 6) is 0.970. The molecule has 0 N–H and O–H groups in total. The van der Waals surface area contributed by atoms with Crippen molar-refractivity contribution in [3.05, 3.63) is 40.5 Å². The molecule has 0 saturated heterocycles. The molecule has 2 rings (SSSR count). The van der Waals surface area contributed by atoms with Crippen molar-refractivity contribution in [2.75, 3.05) is 11.9 Å². The predicted molar refractivity (Wildman–Crippen MR) is 71.1 cm³/mol. The Morgan fingerprint density at radius 3 is 2.81 bits per heavy atom. The monoisotopic (exact) mass is 297 g/mol. The lowest BCUT2D eigenvalue weighted by atomic mass is 10.3. The van der Waals surface area contributed by atoms with Gasteiger partial charge in [-0.3, -0.25) is 0 Å². The Hall–Kier alpha value is -0.940. The Bertz CT molecular complexity index is 427. The van der Waals surface area contributed by atoms with Crippen LogP contribution in [0.1, 0.15) is 11.3 Å². The highest BCUT2D eigenvalue weighted by Crippen LogP contribution is 2.14. The SMILES string of the molecule is CN(Cc1cscn1)c1ccc(CBr)cn1. The molecule has 84 valence electrons. The first-order valence-corrected chi connectivity index (χ1v) is 6.95. The van der Waals surface area contributed by atoms with Gasteiger partial charge >= 0.3 is 0 Å². The van der Waals surface area contributed by atoms with E-state index in [-0.39, 0.29) is 0 Å². The van der Waals surface area contributed by atoms with Crippen molar-refractivity contribution in [3.63, 3.8) is 0 Å². The van der Waals surface area contributed by atoms with E-state index in [0.717, 1.165) is 23.4 Å². The second-order valence-corrected chi connectivity index (χ2v) is 4.77. The Morgan fingerprint density at radius 1 is 1.38 bits per heavy atom. The van der Waals surface area contributed by atoms with Crippen LogP contribution >= 0.6 is 27.3 Å². The molecule has 0 radical (unpaired) electrons.